The van der Waals surface area contributed by atoms with E-state index in [9.17, 15) is 9.59 Å². The van der Waals surface area contributed by atoms with Crippen LogP contribution in [0.5, 0.6) is 0 Å². The first kappa shape index (κ1) is 16.0. The predicted octanol–water partition coefficient (Wildman–Crippen LogP) is 0.414. The molecule has 23 heavy (non-hydrogen) atoms. The molecule has 2 N–H and O–H groups in total. The van der Waals surface area contributed by atoms with Crippen LogP contribution in [0.1, 0.15) is 24.0 Å². The molecule has 1 unspecified atom stereocenters. The lowest BCUT2D eigenvalue weighted by molar-refractivity contribution is -0.132. The van der Waals surface area contributed by atoms with Gasteiger partial charge in [0.2, 0.25) is 11.8 Å². The maximum absolute atomic E-state index is 12.2. The number of morpholine rings is 1. The Morgan fingerprint density at radius 3 is 2.65 bits per heavy atom. The van der Waals surface area contributed by atoms with E-state index in [0.717, 1.165) is 0 Å². The second-order valence-electron chi connectivity index (χ2n) is 5.99. The molecule has 0 radical (unpaired) electrons. The first-order valence-electron chi connectivity index (χ1n) is 8.17. The van der Waals surface area contributed by atoms with Crippen molar-refractivity contribution in [1.82, 2.24) is 15.5 Å². The second-order valence-corrected chi connectivity index (χ2v) is 5.99. The summed E-state index contributed by atoms with van der Waals surface area (Å²) < 4.78 is 5.26. The summed E-state index contributed by atoms with van der Waals surface area (Å²) in [5.41, 5.74) is 2.47. The molecule has 0 bridgehead atoms. The summed E-state index contributed by atoms with van der Waals surface area (Å²) in [5.74, 6) is 0.0975. The highest BCUT2D eigenvalue weighted by atomic mass is 16.5. The number of rotatable bonds is 5. The molecular weight excluding hydrogens is 294 g/mol. The van der Waals surface area contributed by atoms with Crippen molar-refractivity contribution < 1.29 is 14.3 Å². The van der Waals surface area contributed by atoms with E-state index in [1.807, 2.05) is 17.0 Å². The summed E-state index contributed by atoms with van der Waals surface area (Å²) in [6.45, 7) is 3.68. The fourth-order valence-electron chi connectivity index (χ4n) is 2.98. The molecule has 1 atom stereocenters. The molecule has 2 aliphatic heterocycles. The Labute approximate surface area is 136 Å². The Morgan fingerprint density at radius 1 is 1.26 bits per heavy atom. The summed E-state index contributed by atoms with van der Waals surface area (Å²) in [7, 11) is 0. The van der Waals surface area contributed by atoms with Crippen molar-refractivity contribution >= 4 is 11.8 Å². The molecular formula is C17H23N3O3. The van der Waals surface area contributed by atoms with Crippen LogP contribution in [0.25, 0.3) is 0 Å². The van der Waals surface area contributed by atoms with E-state index in [0.29, 0.717) is 52.2 Å². The molecule has 0 spiro atoms. The average Bonchev–Trinajstić information content (AvgIpc) is 3.03. The summed E-state index contributed by atoms with van der Waals surface area (Å²) in [5, 5.41) is 5.97. The first-order valence-corrected chi connectivity index (χ1v) is 8.17. The van der Waals surface area contributed by atoms with Crippen LogP contribution in [0.2, 0.25) is 0 Å². The van der Waals surface area contributed by atoms with Crippen LogP contribution in [0.4, 0.5) is 0 Å². The lowest BCUT2D eigenvalue weighted by atomic mass is 10.1. The van der Waals surface area contributed by atoms with Crippen molar-refractivity contribution in [2.24, 2.45) is 0 Å². The highest BCUT2D eigenvalue weighted by Crippen LogP contribution is 2.22. The van der Waals surface area contributed by atoms with E-state index < -0.39 is 0 Å². The third kappa shape index (κ3) is 4.09. The minimum atomic E-state index is -0.271. The normalized spacial score (nSPS) is 20.2. The van der Waals surface area contributed by atoms with E-state index in [2.05, 4.69) is 22.8 Å². The van der Waals surface area contributed by atoms with E-state index in [1.54, 1.807) is 0 Å². The van der Waals surface area contributed by atoms with Gasteiger partial charge in [-0.25, -0.2) is 0 Å². The topological polar surface area (TPSA) is 70.7 Å². The van der Waals surface area contributed by atoms with Crippen molar-refractivity contribution in [3.05, 3.63) is 35.4 Å². The van der Waals surface area contributed by atoms with Gasteiger partial charge in [0, 0.05) is 32.6 Å². The number of carbonyl (C=O) groups excluding carboxylic acids is 2. The fourth-order valence-corrected chi connectivity index (χ4v) is 2.98. The van der Waals surface area contributed by atoms with Crippen molar-refractivity contribution in [3.63, 3.8) is 0 Å². The van der Waals surface area contributed by atoms with Gasteiger partial charge in [-0.1, -0.05) is 24.3 Å². The van der Waals surface area contributed by atoms with Crippen LogP contribution in [-0.4, -0.2) is 49.1 Å². The molecule has 3 rings (SSSR count). The monoisotopic (exact) mass is 317 g/mol. The summed E-state index contributed by atoms with van der Waals surface area (Å²) in [4.78, 5) is 26.0. The third-order valence-corrected chi connectivity index (χ3v) is 4.30. The smallest absolute Gasteiger partial charge is 0.239 e. The SMILES string of the molecule is O=C(NCCCC(=O)N1Cc2ccccc2C1)C1COCCN1. The van der Waals surface area contributed by atoms with Crippen molar-refractivity contribution in [2.75, 3.05) is 26.3 Å². The molecule has 6 heteroatoms. The van der Waals surface area contributed by atoms with Crippen LogP contribution >= 0.6 is 0 Å². The minimum absolute atomic E-state index is 0.0503. The van der Waals surface area contributed by atoms with Crippen LogP contribution in [0.15, 0.2) is 24.3 Å². The Morgan fingerprint density at radius 2 is 2.00 bits per heavy atom. The molecule has 2 aliphatic rings. The third-order valence-electron chi connectivity index (χ3n) is 4.30. The number of fused-ring (bicyclic) bond motifs is 1. The standard InChI is InChI=1S/C17H23N3O3/c21-16(20-10-13-4-1-2-5-14(13)11-20)6-3-7-19-17(22)15-12-23-9-8-18-15/h1-2,4-5,15,18H,3,6-12H2,(H,19,22). The fraction of sp³-hybridized carbons (Fsp3) is 0.529. The van der Waals surface area contributed by atoms with Crippen molar-refractivity contribution in [2.45, 2.75) is 32.0 Å². The Hall–Kier alpha value is -1.92. The van der Waals surface area contributed by atoms with Gasteiger partial charge in [0.25, 0.3) is 0 Å². The van der Waals surface area contributed by atoms with Gasteiger partial charge in [-0.05, 0) is 17.5 Å². The largest absolute Gasteiger partial charge is 0.378 e. The van der Waals surface area contributed by atoms with E-state index >= 15 is 0 Å². The van der Waals surface area contributed by atoms with Crippen molar-refractivity contribution in [3.8, 4) is 0 Å². The number of nitrogens with one attached hydrogen (secondary N) is 2. The van der Waals surface area contributed by atoms with Gasteiger partial charge < -0.3 is 20.3 Å². The van der Waals surface area contributed by atoms with E-state index in [-0.39, 0.29) is 17.9 Å². The lowest BCUT2D eigenvalue weighted by Gasteiger charge is -2.23. The van der Waals surface area contributed by atoms with Gasteiger partial charge in [-0.15, -0.1) is 0 Å². The molecule has 2 amide bonds. The van der Waals surface area contributed by atoms with Gasteiger partial charge >= 0.3 is 0 Å². The van der Waals surface area contributed by atoms with E-state index in [1.165, 1.54) is 11.1 Å². The van der Waals surface area contributed by atoms with Gasteiger partial charge in [0.1, 0.15) is 6.04 Å². The number of hydrogen-bond donors (Lipinski definition) is 2. The molecule has 0 saturated carbocycles. The van der Waals surface area contributed by atoms with Gasteiger partial charge in [0.05, 0.1) is 13.2 Å². The zero-order valence-electron chi connectivity index (χ0n) is 13.2. The van der Waals surface area contributed by atoms with Gasteiger partial charge in [-0.3, -0.25) is 9.59 Å². The van der Waals surface area contributed by atoms with E-state index in [4.69, 9.17) is 4.74 Å². The maximum Gasteiger partial charge on any atom is 0.239 e. The van der Waals surface area contributed by atoms with Crippen LogP contribution in [-0.2, 0) is 27.4 Å². The number of nitrogens with zero attached hydrogens (tertiary/aromatic N) is 1. The maximum atomic E-state index is 12.2. The molecule has 6 nitrogen and oxygen atoms in total. The second kappa shape index (κ2) is 7.57. The molecule has 1 fully saturated rings. The predicted molar refractivity (Wildman–Crippen MR) is 85.5 cm³/mol. The highest BCUT2D eigenvalue weighted by molar-refractivity contribution is 5.82. The van der Waals surface area contributed by atoms with Crippen LogP contribution in [0, 0.1) is 0 Å². The molecule has 0 aromatic heterocycles. The summed E-state index contributed by atoms with van der Waals surface area (Å²) in [6, 6.07) is 7.88. The Bertz CT molecular complexity index is 545. The first-order chi connectivity index (χ1) is 11.2. The van der Waals surface area contributed by atoms with Gasteiger partial charge in [-0.2, -0.15) is 0 Å². The lowest BCUT2D eigenvalue weighted by Crippen LogP contribution is -2.51. The van der Waals surface area contributed by atoms with Crippen LogP contribution in [0.3, 0.4) is 0 Å². The Balaban J connectivity index is 1.35. The molecule has 0 aliphatic carbocycles. The zero-order valence-corrected chi connectivity index (χ0v) is 13.2. The highest BCUT2D eigenvalue weighted by Gasteiger charge is 2.23. The number of amides is 2. The quantitative estimate of drug-likeness (QED) is 0.772. The van der Waals surface area contributed by atoms with Crippen LogP contribution < -0.4 is 10.6 Å². The summed E-state index contributed by atoms with van der Waals surface area (Å²) in [6.07, 6.45) is 1.12. The minimum Gasteiger partial charge on any atom is -0.378 e. The molecule has 1 saturated heterocycles. The molecule has 1 aromatic rings. The molecule has 2 heterocycles. The van der Waals surface area contributed by atoms with Crippen molar-refractivity contribution in [1.29, 1.82) is 0 Å². The summed E-state index contributed by atoms with van der Waals surface area (Å²) >= 11 is 0. The number of benzene rings is 1. The number of hydrogen-bond acceptors (Lipinski definition) is 4. The number of ether oxygens (including phenoxy) is 1. The van der Waals surface area contributed by atoms with Gasteiger partial charge in [0.15, 0.2) is 0 Å². The average molecular weight is 317 g/mol. The molecule has 124 valence electrons. The molecule has 1 aromatic carbocycles. The number of carbonyl (C=O) groups is 2. The Kier molecular flexibility index (Phi) is 5.25. The zero-order chi connectivity index (χ0) is 16.1.